The van der Waals surface area contributed by atoms with Crippen LogP contribution in [0.2, 0.25) is 0 Å². The van der Waals surface area contributed by atoms with E-state index in [1.165, 1.54) is 12.1 Å². The van der Waals surface area contributed by atoms with Crippen molar-refractivity contribution >= 4 is 11.0 Å². The van der Waals surface area contributed by atoms with Crippen molar-refractivity contribution in [1.82, 2.24) is 24.9 Å². The second kappa shape index (κ2) is 6.62. The summed E-state index contributed by atoms with van der Waals surface area (Å²) in [6, 6.07) is 13.6. The Hall–Kier alpha value is -4.00. The summed E-state index contributed by atoms with van der Waals surface area (Å²) < 4.78 is 19.3. The van der Waals surface area contributed by atoms with Gasteiger partial charge < -0.3 is 14.7 Å². The van der Waals surface area contributed by atoms with Crippen LogP contribution in [-0.4, -0.2) is 24.9 Å². The Balaban J connectivity index is 1.64. The molecule has 28 heavy (non-hydrogen) atoms. The van der Waals surface area contributed by atoms with Crippen molar-refractivity contribution < 1.29 is 9.13 Å². The largest absolute Gasteiger partial charge is 0.457 e. The first-order valence-corrected chi connectivity index (χ1v) is 8.63. The van der Waals surface area contributed by atoms with Gasteiger partial charge in [-0.1, -0.05) is 0 Å². The average Bonchev–Trinajstić information content (AvgIpc) is 3.39. The number of H-pyrrole nitrogens is 2. The minimum atomic E-state index is -0.312. The quantitative estimate of drug-likeness (QED) is 0.469. The summed E-state index contributed by atoms with van der Waals surface area (Å²) in [6.07, 6.45) is 6.73. The van der Waals surface area contributed by atoms with Gasteiger partial charge in [0.1, 0.15) is 23.0 Å². The predicted octanol–water partition coefficient (Wildman–Crippen LogP) is 4.95. The Morgan fingerprint density at radius 1 is 1.00 bits per heavy atom. The fourth-order valence-electron chi connectivity index (χ4n) is 3.00. The van der Waals surface area contributed by atoms with E-state index >= 15 is 0 Å². The van der Waals surface area contributed by atoms with E-state index in [9.17, 15) is 4.39 Å². The molecule has 0 atom stereocenters. The van der Waals surface area contributed by atoms with Crippen LogP contribution >= 0.6 is 0 Å². The summed E-state index contributed by atoms with van der Waals surface area (Å²) in [5.74, 6) is 1.46. The van der Waals surface area contributed by atoms with Gasteiger partial charge in [0.2, 0.25) is 0 Å². The molecule has 7 heteroatoms. The number of hydrogen-bond acceptors (Lipinski definition) is 4. The Morgan fingerprint density at radius 2 is 1.89 bits per heavy atom. The molecular formula is C21H14FN5O. The number of hydrogen-bond donors (Lipinski definition) is 2. The van der Waals surface area contributed by atoms with Crippen LogP contribution in [0.4, 0.5) is 4.39 Å². The number of ether oxygens (including phenoxy) is 1. The lowest BCUT2D eigenvalue weighted by atomic mass is 10.1. The predicted molar refractivity (Wildman–Crippen MR) is 103 cm³/mol. The number of aromatic nitrogens is 5. The van der Waals surface area contributed by atoms with Crippen LogP contribution in [0.25, 0.3) is 33.8 Å². The van der Waals surface area contributed by atoms with E-state index in [2.05, 4.69) is 24.9 Å². The first kappa shape index (κ1) is 16.2. The van der Waals surface area contributed by atoms with E-state index in [1.54, 1.807) is 30.7 Å². The van der Waals surface area contributed by atoms with E-state index in [4.69, 9.17) is 4.74 Å². The number of nitrogens with one attached hydrogen (secondary N) is 2. The van der Waals surface area contributed by atoms with Crippen LogP contribution in [0, 0.1) is 5.82 Å². The van der Waals surface area contributed by atoms with Gasteiger partial charge in [-0.3, -0.25) is 4.98 Å². The molecule has 2 aromatic carbocycles. The van der Waals surface area contributed by atoms with E-state index < -0.39 is 0 Å². The molecule has 0 amide bonds. The Bertz CT molecular complexity index is 1230. The van der Waals surface area contributed by atoms with E-state index in [-0.39, 0.29) is 5.82 Å². The summed E-state index contributed by atoms with van der Waals surface area (Å²) in [4.78, 5) is 19.5. The van der Waals surface area contributed by atoms with Crippen molar-refractivity contribution in [3.8, 4) is 34.3 Å². The molecule has 6 nitrogen and oxygen atoms in total. The van der Waals surface area contributed by atoms with Gasteiger partial charge in [0.15, 0.2) is 5.82 Å². The third-order valence-corrected chi connectivity index (χ3v) is 4.32. The van der Waals surface area contributed by atoms with Gasteiger partial charge in [-0.2, -0.15) is 0 Å². The van der Waals surface area contributed by atoms with Crippen molar-refractivity contribution in [2.45, 2.75) is 0 Å². The minimum absolute atomic E-state index is 0.312. The van der Waals surface area contributed by atoms with Crippen molar-refractivity contribution in [2.75, 3.05) is 0 Å². The summed E-state index contributed by atoms with van der Waals surface area (Å²) in [5, 5.41) is 0. The first-order chi connectivity index (χ1) is 13.8. The van der Waals surface area contributed by atoms with Gasteiger partial charge in [0.25, 0.3) is 0 Å². The number of imidazole rings is 1. The van der Waals surface area contributed by atoms with E-state index in [0.717, 1.165) is 22.3 Å². The minimum Gasteiger partial charge on any atom is -0.457 e. The van der Waals surface area contributed by atoms with Crippen molar-refractivity contribution in [2.24, 2.45) is 0 Å². The Morgan fingerprint density at radius 3 is 2.64 bits per heavy atom. The summed E-state index contributed by atoms with van der Waals surface area (Å²) in [7, 11) is 0. The molecule has 2 N–H and O–H groups in total. The Kier molecular flexibility index (Phi) is 3.83. The molecule has 0 aliphatic carbocycles. The van der Waals surface area contributed by atoms with Crippen LogP contribution in [0.3, 0.4) is 0 Å². The zero-order chi connectivity index (χ0) is 18.9. The standard InChI is InChI=1S/C21H14FN5O/c22-13-3-5-14(6-4-13)28-20-11-18-17(10-15(20)16-2-1-7-24-16)26-21(27-18)19-12-23-8-9-25-19/h1-12,24H,(H,26,27). The van der Waals surface area contributed by atoms with Gasteiger partial charge >= 0.3 is 0 Å². The highest BCUT2D eigenvalue weighted by Crippen LogP contribution is 2.36. The zero-order valence-electron chi connectivity index (χ0n) is 14.6. The number of nitrogens with zero attached hydrogens (tertiary/aromatic N) is 3. The molecule has 5 rings (SSSR count). The molecule has 0 unspecified atom stereocenters. The number of aromatic amines is 2. The number of benzene rings is 2. The fraction of sp³-hybridized carbons (Fsp3) is 0. The molecule has 0 saturated carbocycles. The lowest BCUT2D eigenvalue weighted by Crippen LogP contribution is -1.90. The molecule has 0 spiro atoms. The smallest absolute Gasteiger partial charge is 0.158 e. The van der Waals surface area contributed by atoms with Crippen molar-refractivity contribution in [3.05, 3.63) is 79.1 Å². The van der Waals surface area contributed by atoms with E-state index in [0.29, 0.717) is 23.0 Å². The monoisotopic (exact) mass is 371 g/mol. The van der Waals surface area contributed by atoms with Gasteiger partial charge in [-0.25, -0.2) is 14.4 Å². The van der Waals surface area contributed by atoms with Crippen LogP contribution in [0.1, 0.15) is 0 Å². The lowest BCUT2D eigenvalue weighted by Gasteiger charge is -2.10. The maximum Gasteiger partial charge on any atom is 0.158 e. The summed E-state index contributed by atoms with van der Waals surface area (Å²) in [5.41, 5.74) is 3.98. The molecule has 0 aliphatic rings. The lowest BCUT2D eigenvalue weighted by molar-refractivity contribution is 0.483. The van der Waals surface area contributed by atoms with Gasteiger partial charge in [0.05, 0.1) is 17.2 Å². The van der Waals surface area contributed by atoms with Crippen molar-refractivity contribution in [3.63, 3.8) is 0 Å². The first-order valence-electron chi connectivity index (χ1n) is 8.63. The molecule has 0 saturated heterocycles. The van der Waals surface area contributed by atoms with Crippen molar-refractivity contribution in [1.29, 1.82) is 0 Å². The normalized spacial score (nSPS) is 11.0. The number of fused-ring (bicyclic) bond motifs is 1. The number of rotatable bonds is 4. The average molecular weight is 371 g/mol. The van der Waals surface area contributed by atoms with Crippen LogP contribution in [-0.2, 0) is 0 Å². The zero-order valence-corrected chi connectivity index (χ0v) is 14.6. The molecular weight excluding hydrogens is 357 g/mol. The second-order valence-corrected chi connectivity index (χ2v) is 6.18. The molecule has 0 aliphatic heterocycles. The number of halogens is 1. The maximum absolute atomic E-state index is 13.2. The molecule has 3 heterocycles. The highest BCUT2D eigenvalue weighted by Gasteiger charge is 2.14. The molecule has 5 aromatic rings. The summed E-state index contributed by atoms with van der Waals surface area (Å²) in [6.45, 7) is 0. The topological polar surface area (TPSA) is 79.5 Å². The molecule has 3 aromatic heterocycles. The SMILES string of the molecule is Fc1ccc(Oc2cc3nc(-c4cnccn4)[nH]c3cc2-c2ccc[nH]2)cc1. The van der Waals surface area contributed by atoms with Crippen LogP contribution in [0.15, 0.2) is 73.3 Å². The molecule has 0 radical (unpaired) electrons. The van der Waals surface area contributed by atoms with Gasteiger partial charge in [0, 0.05) is 35.9 Å². The second-order valence-electron chi connectivity index (χ2n) is 6.18. The van der Waals surface area contributed by atoms with Gasteiger partial charge in [-0.05, 0) is 42.5 Å². The summed E-state index contributed by atoms with van der Waals surface area (Å²) >= 11 is 0. The maximum atomic E-state index is 13.2. The van der Waals surface area contributed by atoms with Crippen LogP contribution < -0.4 is 4.74 Å². The third-order valence-electron chi connectivity index (χ3n) is 4.32. The molecule has 136 valence electrons. The van der Waals surface area contributed by atoms with Gasteiger partial charge in [-0.15, -0.1) is 0 Å². The fourth-order valence-corrected chi connectivity index (χ4v) is 3.00. The van der Waals surface area contributed by atoms with Crippen LogP contribution in [0.5, 0.6) is 11.5 Å². The highest BCUT2D eigenvalue weighted by molar-refractivity contribution is 5.87. The molecule has 0 bridgehead atoms. The van der Waals surface area contributed by atoms with E-state index in [1.807, 2.05) is 30.5 Å². The third kappa shape index (κ3) is 2.99. The molecule has 0 fully saturated rings. The highest BCUT2D eigenvalue weighted by atomic mass is 19.1. The Labute approximate surface area is 159 Å².